The van der Waals surface area contributed by atoms with E-state index < -0.39 is 0 Å². The van der Waals surface area contributed by atoms with Gasteiger partial charge in [0.25, 0.3) is 0 Å². The fourth-order valence-corrected chi connectivity index (χ4v) is 2.03. The van der Waals surface area contributed by atoms with Crippen molar-refractivity contribution in [1.29, 1.82) is 0 Å². The molecule has 2 aromatic rings. The summed E-state index contributed by atoms with van der Waals surface area (Å²) < 4.78 is 5.92. The molecule has 0 bridgehead atoms. The van der Waals surface area contributed by atoms with Crippen LogP contribution in [0.2, 0.25) is 0 Å². The molecule has 0 unspecified atom stereocenters. The van der Waals surface area contributed by atoms with E-state index in [4.69, 9.17) is 9.84 Å². The number of hydrogen-bond acceptors (Lipinski definition) is 3. The van der Waals surface area contributed by atoms with Crippen molar-refractivity contribution in [3.63, 3.8) is 0 Å². The minimum Gasteiger partial charge on any atom is -0.496 e. The Morgan fingerprint density at radius 3 is 2.82 bits per heavy atom. The molecule has 1 aromatic carbocycles. The fraction of sp³-hybridized carbons (Fsp3) is 0.250. The van der Waals surface area contributed by atoms with Crippen LogP contribution in [0.15, 0.2) is 22.8 Å². The Kier molecular flexibility index (Phi) is 3.49. The van der Waals surface area contributed by atoms with Crippen molar-refractivity contribution in [2.75, 3.05) is 7.11 Å². The van der Waals surface area contributed by atoms with E-state index in [1.54, 1.807) is 7.11 Å². The number of imidazole rings is 1. The standard InChI is InChI=1S/C12H13BrN2O2/c1-7-3-4-10(17-2)8(5-7)12-14-9(6-16)11(13)15-12/h3-5,16H,6H2,1-2H3,(H,14,15). The highest BCUT2D eigenvalue weighted by Gasteiger charge is 2.12. The summed E-state index contributed by atoms with van der Waals surface area (Å²) in [7, 11) is 1.62. The van der Waals surface area contributed by atoms with Crippen molar-refractivity contribution >= 4 is 15.9 Å². The van der Waals surface area contributed by atoms with Crippen LogP contribution in [0.5, 0.6) is 5.75 Å². The highest BCUT2D eigenvalue weighted by Crippen LogP contribution is 2.30. The molecule has 0 saturated heterocycles. The van der Waals surface area contributed by atoms with E-state index in [9.17, 15) is 0 Å². The predicted molar refractivity (Wildman–Crippen MR) is 68.9 cm³/mol. The van der Waals surface area contributed by atoms with Crippen LogP contribution in [0.25, 0.3) is 11.4 Å². The van der Waals surface area contributed by atoms with Crippen molar-refractivity contribution in [3.05, 3.63) is 34.1 Å². The van der Waals surface area contributed by atoms with Gasteiger partial charge in [0.1, 0.15) is 16.2 Å². The number of aliphatic hydroxyl groups excluding tert-OH is 1. The number of hydrogen-bond donors (Lipinski definition) is 2. The van der Waals surface area contributed by atoms with E-state index in [0.717, 1.165) is 16.9 Å². The third-order valence-electron chi connectivity index (χ3n) is 2.50. The third kappa shape index (κ3) is 2.35. The van der Waals surface area contributed by atoms with E-state index >= 15 is 0 Å². The number of H-pyrrole nitrogens is 1. The minimum atomic E-state index is -0.0816. The molecule has 0 aliphatic heterocycles. The van der Waals surface area contributed by atoms with Gasteiger partial charge in [-0.1, -0.05) is 11.6 Å². The van der Waals surface area contributed by atoms with Crippen molar-refractivity contribution in [2.45, 2.75) is 13.5 Å². The molecule has 0 radical (unpaired) electrons. The smallest absolute Gasteiger partial charge is 0.142 e. The second-order valence-electron chi connectivity index (χ2n) is 3.72. The van der Waals surface area contributed by atoms with E-state index in [1.807, 2.05) is 25.1 Å². The van der Waals surface area contributed by atoms with Crippen molar-refractivity contribution < 1.29 is 9.84 Å². The number of aryl methyl sites for hydroxylation is 1. The van der Waals surface area contributed by atoms with Crippen molar-refractivity contribution in [1.82, 2.24) is 9.97 Å². The van der Waals surface area contributed by atoms with Crippen LogP contribution in [0.3, 0.4) is 0 Å². The maximum absolute atomic E-state index is 9.13. The second-order valence-corrected chi connectivity index (χ2v) is 4.47. The first-order valence-electron chi connectivity index (χ1n) is 5.16. The molecule has 0 aliphatic carbocycles. The number of aliphatic hydroxyl groups is 1. The summed E-state index contributed by atoms with van der Waals surface area (Å²) in [6.45, 7) is 1.93. The van der Waals surface area contributed by atoms with Crippen LogP contribution in [-0.4, -0.2) is 22.2 Å². The molecule has 0 atom stereocenters. The molecular weight excluding hydrogens is 284 g/mol. The van der Waals surface area contributed by atoms with Crippen LogP contribution >= 0.6 is 15.9 Å². The molecular formula is C12H13BrN2O2. The third-order valence-corrected chi connectivity index (χ3v) is 3.15. The molecule has 0 aliphatic rings. The molecule has 17 heavy (non-hydrogen) atoms. The lowest BCUT2D eigenvalue weighted by Gasteiger charge is -2.06. The normalized spacial score (nSPS) is 10.6. The summed E-state index contributed by atoms with van der Waals surface area (Å²) in [4.78, 5) is 7.38. The topological polar surface area (TPSA) is 58.1 Å². The number of ether oxygens (including phenoxy) is 1. The Hall–Kier alpha value is -1.33. The number of nitrogens with zero attached hydrogens (tertiary/aromatic N) is 1. The lowest BCUT2D eigenvalue weighted by molar-refractivity contribution is 0.276. The first-order valence-corrected chi connectivity index (χ1v) is 5.95. The van der Waals surface area contributed by atoms with Crippen LogP contribution in [0.1, 0.15) is 11.3 Å². The van der Waals surface area contributed by atoms with Gasteiger partial charge in [0, 0.05) is 0 Å². The lowest BCUT2D eigenvalue weighted by atomic mass is 10.1. The summed E-state index contributed by atoms with van der Waals surface area (Å²) in [5.41, 5.74) is 2.66. The summed E-state index contributed by atoms with van der Waals surface area (Å²) in [5, 5.41) is 9.13. The summed E-state index contributed by atoms with van der Waals surface area (Å²) in [6, 6.07) is 5.87. The lowest BCUT2D eigenvalue weighted by Crippen LogP contribution is -1.90. The average molecular weight is 297 g/mol. The Morgan fingerprint density at radius 1 is 1.47 bits per heavy atom. The van der Waals surface area contributed by atoms with Gasteiger partial charge in [-0.05, 0) is 35.0 Å². The van der Waals surface area contributed by atoms with Gasteiger partial charge in [-0.3, -0.25) is 0 Å². The quantitative estimate of drug-likeness (QED) is 0.915. The number of methoxy groups -OCH3 is 1. The van der Waals surface area contributed by atoms with E-state index in [1.165, 1.54) is 0 Å². The fourth-order valence-electron chi connectivity index (χ4n) is 1.63. The summed E-state index contributed by atoms with van der Waals surface area (Å²) in [6.07, 6.45) is 0. The minimum absolute atomic E-state index is 0.0816. The molecule has 90 valence electrons. The van der Waals surface area contributed by atoms with Gasteiger partial charge in [-0.25, -0.2) is 4.98 Å². The van der Waals surface area contributed by atoms with Crippen molar-refractivity contribution in [3.8, 4) is 17.1 Å². The Morgan fingerprint density at radius 2 is 2.24 bits per heavy atom. The van der Waals surface area contributed by atoms with E-state index in [-0.39, 0.29) is 6.61 Å². The molecule has 0 fully saturated rings. The summed E-state index contributed by atoms with van der Waals surface area (Å²) >= 11 is 3.30. The Balaban J connectivity index is 2.54. The highest BCUT2D eigenvalue weighted by atomic mass is 79.9. The maximum Gasteiger partial charge on any atom is 0.142 e. The number of aromatic amines is 1. The van der Waals surface area contributed by atoms with E-state index in [0.29, 0.717) is 16.1 Å². The second kappa shape index (κ2) is 4.89. The molecule has 0 saturated carbocycles. The first-order chi connectivity index (χ1) is 8.15. The van der Waals surface area contributed by atoms with Crippen LogP contribution in [0, 0.1) is 6.92 Å². The number of rotatable bonds is 3. The molecule has 2 N–H and O–H groups in total. The summed E-state index contributed by atoms with van der Waals surface area (Å²) in [5.74, 6) is 1.43. The van der Waals surface area contributed by atoms with Crippen LogP contribution < -0.4 is 4.74 Å². The SMILES string of the molecule is COc1ccc(C)cc1-c1nc(Br)c(CO)[nH]1. The molecule has 5 heteroatoms. The molecule has 1 aromatic heterocycles. The Labute approximate surface area is 108 Å². The zero-order valence-electron chi connectivity index (χ0n) is 9.62. The molecule has 1 heterocycles. The number of benzene rings is 1. The van der Waals surface area contributed by atoms with E-state index in [2.05, 4.69) is 25.9 Å². The van der Waals surface area contributed by atoms with Crippen molar-refractivity contribution in [2.24, 2.45) is 0 Å². The molecule has 2 rings (SSSR count). The van der Waals surface area contributed by atoms with Gasteiger partial charge < -0.3 is 14.8 Å². The molecule has 4 nitrogen and oxygen atoms in total. The zero-order chi connectivity index (χ0) is 12.4. The van der Waals surface area contributed by atoms with Gasteiger partial charge in [-0.2, -0.15) is 0 Å². The molecule has 0 spiro atoms. The Bertz CT molecular complexity index is 537. The molecule has 0 amide bonds. The van der Waals surface area contributed by atoms with Gasteiger partial charge in [-0.15, -0.1) is 0 Å². The monoisotopic (exact) mass is 296 g/mol. The largest absolute Gasteiger partial charge is 0.496 e. The highest BCUT2D eigenvalue weighted by molar-refractivity contribution is 9.10. The van der Waals surface area contributed by atoms with Gasteiger partial charge >= 0.3 is 0 Å². The number of halogens is 1. The maximum atomic E-state index is 9.13. The van der Waals surface area contributed by atoms with Gasteiger partial charge in [0.05, 0.1) is 25.0 Å². The first kappa shape index (κ1) is 12.1. The average Bonchev–Trinajstić information content (AvgIpc) is 2.70. The number of aromatic nitrogens is 2. The van der Waals surface area contributed by atoms with Crippen LogP contribution in [0.4, 0.5) is 0 Å². The zero-order valence-corrected chi connectivity index (χ0v) is 11.2. The number of nitrogens with one attached hydrogen (secondary N) is 1. The van der Waals surface area contributed by atoms with Gasteiger partial charge in [0.15, 0.2) is 0 Å². The predicted octanol–water partition coefficient (Wildman–Crippen LogP) is 2.65. The van der Waals surface area contributed by atoms with Gasteiger partial charge in [0.2, 0.25) is 0 Å². The van der Waals surface area contributed by atoms with Crippen LogP contribution in [-0.2, 0) is 6.61 Å².